The van der Waals surface area contributed by atoms with Crippen LogP contribution in [0.25, 0.3) is 11.0 Å². The van der Waals surface area contributed by atoms with Gasteiger partial charge in [0.1, 0.15) is 0 Å². The minimum Gasteiger partial charge on any atom is -0.405 e. The van der Waals surface area contributed by atoms with Crippen molar-refractivity contribution in [3.8, 4) is 6.07 Å². The average molecular weight is 1060 g/mol. The predicted molar refractivity (Wildman–Crippen MR) is 287 cm³/mol. The molecule has 0 N–H and O–H groups in total. The number of hydrogen-bond acceptors (Lipinski definition) is 13. The minimum absolute atomic E-state index is 0. The SMILES string of the molecule is C.CC#N.CC1(C)OB(B2OC(C)(C)C(C)(C)O2)OC1(C)C.CC1(C)OB(c2cc3c(N4CCN(C(=O)C5CC5)CC4)ccnn3c2)OC1(C)C.O=C(C1CC1)N1CCN(c2ccnn3cc(Br)cc23)CC1. The number of carbonyl (C=O) groups is 2. The molecule has 7 aliphatic rings. The Bertz CT molecular complexity index is 2530. The first-order chi connectivity index (χ1) is 33.3. The highest BCUT2D eigenvalue weighted by Crippen LogP contribution is 2.43. The summed E-state index contributed by atoms with van der Waals surface area (Å²) in [6.45, 7) is 32.6. The molecule has 0 unspecified atom stereocenters. The Balaban J connectivity index is 0.000000158. The van der Waals surface area contributed by atoms with Crippen LogP contribution in [-0.2, 0) is 37.5 Å². The van der Waals surface area contributed by atoms with Crippen LogP contribution in [0.15, 0.2) is 53.5 Å². The topological polar surface area (TPSA) is 161 Å². The first-order valence-electron chi connectivity index (χ1n) is 25.3. The zero-order valence-electron chi connectivity index (χ0n) is 44.2. The van der Waals surface area contributed by atoms with E-state index in [9.17, 15) is 9.59 Å². The van der Waals surface area contributed by atoms with E-state index in [0.29, 0.717) is 23.7 Å². The van der Waals surface area contributed by atoms with Gasteiger partial charge in [0.15, 0.2) is 0 Å². The molecule has 0 atom stereocenters. The number of fused-ring (bicyclic) bond motifs is 2. The van der Waals surface area contributed by atoms with E-state index in [4.69, 9.17) is 33.2 Å². The number of hydrogen-bond donors (Lipinski definition) is 0. The number of carbonyl (C=O) groups excluding carboxylic acids is 2. The molecular formula is C51H77B3BrN9O8. The Morgan fingerprint density at radius 2 is 0.917 bits per heavy atom. The van der Waals surface area contributed by atoms with Gasteiger partial charge in [-0.1, -0.05) is 7.43 Å². The highest BCUT2D eigenvalue weighted by molar-refractivity contribution is 9.10. The maximum absolute atomic E-state index is 12.3. The molecule has 390 valence electrons. The molecule has 2 saturated carbocycles. The third kappa shape index (κ3) is 11.5. The average Bonchev–Trinajstić information content (AvgIpc) is 4.20. The monoisotopic (exact) mass is 1060 g/mol. The van der Waals surface area contributed by atoms with Gasteiger partial charge in [-0.2, -0.15) is 15.5 Å². The number of nitriles is 1. The van der Waals surface area contributed by atoms with Gasteiger partial charge in [-0.15, -0.1) is 0 Å². The van der Waals surface area contributed by atoms with Crippen molar-refractivity contribution in [1.29, 1.82) is 5.26 Å². The number of nitrogens with zero attached hydrogens (tertiary/aromatic N) is 9. The molecule has 0 radical (unpaired) electrons. The van der Waals surface area contributed by atoms with E-state index in [-0.39, 0.29) is 41.0 Å². The highest BCUT2D eigenvalue weighted by Gasteiger charge is 2.64. The Morgan fingerprint density at radius 3 is 1.28 bits per heavy atom. The van der Waals surface area contributed by atoms with Crippen molar-refractivity contribution < 1.29 is 37.5 Å². The molecule has 2 amide bonds. The molecule has 9 heterocycles. The van der Waals surface area contributed by atoms with E-state index in [0.717, 1.165) is 105 Å². The summed E-state index contributed by atoms with van der Waals surface area (Å²) in [6, 6.07) is 10.1. The molecule has 2 aliphatic carbocycles. The summed E-state index contributed by atoms with van der Waals surface area (Å²) < 4.78 is 41.1. The van der Waals surface area contributed by atoms with Crippen molar-refractivity contribution >= 4 is 76.8 Å². The van der Waals surface area contributed by atoms with Gasteiger partial charge in [-0.3, -0.25) is 9.59 Å². The van der Waals surface area contributed by atoms with Gasteiger partial charge in [0.25, 0.3) is 0 Å². The van der Waals surface area contributed by atoms with Crippen molar-refractivity contribution in [3.05, 3.63) is 53.5 Å². The summed E-state index contributed by atoms with van der Waals surface area (Å²) in [5.41, 5.74) is 3.27. The molecule has 4 aromatic rings. The molecule has 11 rings (SSSR count). The van der Waals surface area contributed by atoms with E-state index in [1.807, 2.05) is 99.0 Å². The third-order valence-electron chi connectivity index (χ3n) is 16.0. The van der Waals surface area contributed by atoms with Gasteiger partial charge in [0, 0.05) is 106 Å². The zero-order valence-corrected chi connectivity index (χ0v) is 45.7. The fourth-order valence-corrected chi connectivity index (χ4v) is 9.55. The van der Waals surface area contributed by atoms with E-state index in [2.05, 4.69) is 87.9 Å². The van der Waals surface area contributed by atoms with Crippen LogP contribution in [-0.4, -0.2) is 148 Å². The Kier molecular flexibility index (Phi) is 16.1. The number of halogens is 1. The van der Waals surface area contributed by atoms with Gasteiger partial charge in [-0.25, -0.2) is 9.03 Å². The summed E-state index contributed by atoms with van der Waals surface area (Å²) in [4.78, 5) is 33.2. The molecule has 0 spiro atoms. The standard InChI is InChI=1S/C21H29BN4O3.C15H17BrN4O.C12H24B2O4.C2H3N.CH4/c1-20(2)21(3,4)29-22(28-20)16-13-18-17(7-8-23-26(18)14-16)24-9-11-25(12-10-24)19(27)15-5-6-15;16-12-9-14-13(3-4-17-20(14)10-12)18-5-7-19(8-6-18)15(21)11-1-2-11;1-9(2)10(3,4)16-13(15-9)14-17-11(5,6)12(7,8)18-14;1-2-3;/h7-8,13-15H,5-6,9-12H2,1-4H3;3-4,9-11H,1-2,5-8H2;1-8H3;1H3;1H4. The van der Waals surface area contributed by atoms with E-state index in [1.165, 1.54) is 12.6 Å². The predicted octanol–water partition coefficient (Wildman–Crippen LogP) is 7.26. The molecule has 4 aromatic heterocycles. The summed E-state index contributed by atoms with van der Waals surface area (Å²) in [6.07, 6.45) is 11.9. The molecule has 7 fully saturated rings. The first-order valence-corrected chi connectivity index (χ1v) is 26.1. The Hall–Kier alpha value is -4.16. The maximum Gasteiger partial charge on any atom is 0.496 e. The van der Waals surface area contributed by atoms with E-state index in [1.54, 1.807) is 6.07 Å². The van der Waals surface area contributed by atoms with Crippen LogP contribution >= 0.6 is 15.9 Å². The second-order valence-corrected chi connectivity index (χ2v) is 23.7. The van der Waals surface area contributed by atoms with Crippen LogP contribution in [0.3, 0.4) is 0 Å². The summed E-state index contributed by atoms with van der Waals surface area (Å²) in [5, 5.41) is 16.1. The van der Waals surface area contributed by atoms with Gasteiger partial charge in [0.05, 0.1) is 62.1 Å². The molecule has 17 nitrogen and oxygen atoms in total. The number of amides is 2. The van der Waals surface area contributed by atoms with Crippen molar-refractivity contribution in [2.45, 2.75) is 157 Å². The van der Waals surface area contributed by atoms with Crippen LogP contribution in [0.5, 0.6) is 0 Å². The lowest BCUT2D eigenvalue weighted by Crippen LogP contribution is -2.49. The number of rotatable bonds is 6. The second-order valence-electron chi connectivity index (χ2n) is 22.8. The quantitative estimate of drug-likeness (QED) is 0.178. The van der Waals surface area contributed by atoms with Gasteiger partial charge < -0.3 is 47.5 Å². The molecule has 5 saturated heterocycles. The Morgan fingerprint density at radius 1 is 0.583 bits per heavy atom. The maximum atomic E-state index is 12.3. The van der Waals surface area contributed by atoms with Gasteiger partial charge in [0.2, 0.25) is 11.8 Å². The van der Waals surface area contributed by atoms with Crippen molar-refractivity contribution in [3.63, 3.8) is 0 Å². The van der Waals surface area contributed by atoms with Crippen LogP contribution < -0.4 is 15.3 Å². The van der Waals surface area contributed by atoms with Crippen molar-refractivity contribution in [2.75, 3.05) is 62.2 Å². The van der Waals surface area contributed by atoms with E-state index < -0.39 is 21.1 Å². The molecule has 0 bridgehead atoms. The van der Waals surface area contributed by atoms with Gasteiger partial charge >= 0.3 is 21.1 Å². The first kappa shape index (κ1) is 55.6. The largest absolute Gasteiger partial charge is 0.496 e. The third-order valence-corrected chi connectivity index (χ3v) is 16.4. The number of aromatic nitrogens is 4. The molecular weight excluding hydrogens is 979 g/mol. The van der Waals surface area contributed by atoms with Crippen LogP contribution in [0.1, 0.15) is 123 Å². The summed E-state index contributed by atoms with van der Waals surface area (Å²) >= 11 is 3.50. The lowest BCUT2D eigenvalue weighted by Gasteiger charge is -2.36. The lowest BCUT2D eigenvalue weighted by atomic mass is 9.49. The fraction of sp³-hybridized carbons (Fsp3) is 0.667. The van der Waals surface area contributed by atoms with Gasteiger partial charge in [-0.05, 0) is 149 Å². The molecule has 72 heavy (non-hydrogen) atoms. The van der Waals surface area contributed by atoms with Crippen LogP contribution in [0.2, 0.25) is 0 Å². The number of piperazine rings is 2. The Labute approximate surface area is 437 Å². The van der Waals surface area contributed by atoms with Crippen molar-refractivity contribution in [1.82, 2.24) is 29.0 Å². The lowest BCUT2D eigenvalue weighted by molar-refractivity contribution is -0.133. The van der Waals surface area contributed by atoms with Crippen LogP contribution in [0, 0.1) is 23.2 Å². The summed E-state index contributed by atoms with van der Waals surface area (Å²) in [7, 11) is -1.35. The van der Waals surface area contributed by atoms with Crippen LogP contribution in [0.4, 0.5) is 11.4 Å². The zero-order chi connectivity index (χ0) is 51.5. The normalized spacial score (nSPS) is 23.3. The highest BCUT2D eigenvalue weighted by atomic mass is 79.9. The van der Waals surface area contributed by atoms with Crippen molar-refractivity contribution in [2.24, 2.45) is 11.8 Å². The molecule has 0 aromatic carbocycles. The summed E-state index contributed by atoms with van der Waals surface area (Å²) in [5.74, 6) is 1.32. The van der Waals surface area contributed by atoms with E-state index >= 15 is 0 Å². The second kappa shape index (κ2) is 20.9. The minimum atomic E-state index is -0.476. The smallest absolute Gasteiger partial charge is 0.405 e. The number of anilines is 2. The molecule has 21 heteroatoms. The fourth-order valence-electron chi connectivity index (χ4n) is 9.14. The molecule has 5 aliphatic heterocycles.